The maximum atomic E-state index is 6.22. The summed E-state index contributed by atoms with van der Waals surface area (Å²) in [5.41, 5.74) is 6.57. The lowest BCUT2D eigenvalue weighted by Gasteiger charge is -2.32. The molecule has 1 saturated heterocycles. The summed E-state index contributed by atoms with van der Waals surface area (Å²) in [5.74, 6) is -0.268. The van der Waals surface area contributed by atoms with Gasteiger partial charge in [0.2, 0.25) is 0 Å². The van der Waals surface area contributed by atoms with Crippen molar-refractivity contribution in [2.24, 2.45) is 12.8 Å². The normalized spacial score (nSPS) is 24.0. The molecule has 0 spiro atoms. The Kier molecular flexibility index (Phi) is 2.88. The molecule has 0 radical (unpaired) electrons. The van der Waals surface area contributed by atoms with Crippen LogP contribution in [0.15, 0.2) is 18.3 Å². The standard InChI is InChI=1S/C12H21BN2O2/c1-11(2)12(3,4)17-13(16-11)10(14)9-7-6-8-15(9)5/h6-8,10H,14H2,1-5H3/t10-/m1/s1. The van der Waals surface area contributed by atoms with Crippen molar-refractivity contribution >= 4 is 7.12 Å². The van der Waals surface area contributed by atoms with E-state index in [1.165, 1.54) is 0 Å². The van der Waals surface area contributed by atoms with E-state index in [1.54, 1.807) is 0 Å². The highest BCUT2D eigenvalue weighted by atomic mass is 16.7. The van der Waals surface area contributed by atoms with Crippen LogP contribution in [0.1, 0.15) is 39.3 Å². The third kappa shape index (κ3) is 2.03. The zero-order valence-corrected chi connectivity index (χ0v) is 11.2. The van der Waals surface area contributed by atoms with Crippen LogP contribution in [0, 0.1) is 0 Å². The number of rotatable bonds is 2. The van der Waals surface area contributed by atoms with E-state index >= 15 is 0 Å². The molecule has 0 amide bonds. The fourth-order valence-electron chi connectivity index (χ4n) is 2.00. The molecule has 0 unspecified atom stereocenters. The third-order valence-electron chi connectivity index (χ3n) is 3.89. The second kappa shape index (κ2) is 3.87. The summed E-state index contributed by atoms with van der Waals surface area (Å²) >= 11 is 0. The number of aryl methyl sites for hydroxylation is 1. The fraction of sp³-hybridized carbons (Fsp3) is 0.667. The summed E-state index contributed by atoms with van der Waals surface area (Å²) in [5, 5.41) is 0. The number of nitrogens with zero attached hydrogens (tertiary/aromatic N) is 1. The molecule has 1 aliphatic rings. The first-order valence-corrected chi connectivity index (χ1v) is 5.97. The van der Waals surface area contributed by atoms with Crippen molar-refractivity contribution in [1.29, 1.82) is 0 Å². The number of hydrogen-bond donors (Lipinski definition) is 1. The molecule has 0 bridgehead atoms. The predicted octanol–water partition coefficient (Wildman–Crippen LogP) is 1.66. The van der Waals surface area contributed by atoms with Crippen LogP contribution in [0.4, 0.5) is 0 Å². The van der Waals surface area contributed by atoms with Crippen molar-refractivity contribution in [2.45, 2.75) is 44.8 Å². The third-order valence-corrected chi connectivity index (χ3v) is 3.89. The Bertz CT molecular complexity index is 398. The molecule has 0 saturated carbocycles. The van der Waals surface area contributed by atoms with Gasteiger partial charge < -0.3 is 19.6 Å². The first kappa shape index (κ1) is 12.7. The second-order valence-corrected chi connectivity index (χ2v) is 5.69. The molecule has 2 N–H and O–H groups in total. The molecule has 1 fully saturated rings. The fourth-order valence-corrected chi connectivity index (χ4v) is 2.00. The van der Waals surface area contributed by atoms with E-state index in [1.807, 2.05) is 57.6 Å². The van der Waals surface area contributed by atoms with Crippen molar-refractivity contribution in [1.82, 2.24) is 4.57 Å². The molecule has 2 heterocycles. The Hall–Kier alpha value is -0.775. The Labute approximate surface area is 103 Å². The van der Waals surface area contributed by atoms with Gasteiger partial charge in [-0.2, -0.15) is 0 Å². The molecule has 0 aromatic carbocycles. The minimum Gasteiger partial charge on any atom is -0.402 e. The molecular weight excluding hydrogens is 215 g/mol. The van der Waals surface area contributed by atoms with Crippen LogP contribution in [-0.2, 0) is 16.4 Å². The van der Waals surface area contributed by atoms with E-state index in [4.69, 9.17) is 15.0 Å². The van der Waals surface area contributed by atoms with Crippen molar-refractivity contribution < 1.29 is 9.31 Å². The highest BCUT2D eigenvalue weighted by molar-refractivity contribution is 6.47. The van der Waals surface area contributed by atoms with Gasteiger partial charge in [-0.1, -0.05) is 0 Å². The van der Waals surface area contributed by atoms with Gasteiger partial charge in [-0.15, -0.1) is 0 Å². The smallest absolute Gasteiger partial charge is 0.402 e. The van der Waals surface area contributed by atoms with Gasteiger partial charge in [-0.3, -0.25) is 0 Å². The molecule has 17 heavy (non-hydrogen) atoms. The van der Waals surface area contributed by atoms with Crippen LogP contribution >= 0.6 is 0 Å². The van der Waals surface area contributed by atoms with Gasteiger partial charge in [0, 0.05) is 18.9 Å². The number of aromatic nitrogens is 1. The quantitative estimate of drug-likeness (QED) is 0.794. The van der Waals surface area contributed by atoms with Gasteiger partial charge in [0.1, 0.15) is 0 Å². The number of hydrogen-bond acceptors (Lipinski definition) is 3. The average molecular weight is 236 g/mol. The van der Waals surface area contributed by atoms with Crippen LogP contribution in [-0.4, -0.2) is 22.9 Å². The van der Waals surface area contributed by atoms with Crippen molar-refractivity contribution in [2.75, 3.05) is 0 Å². The van der Waals surface area contributed by atoms with Crippen LogP contribution in [0.5, 0.6) is 0 Å². The van der Waals surface area contributed by atoms with E-state index < -0.39 is 7.12 Å². The predicted molar refractivity (Wildman–Crippen MR) is 68.4 cm³/mol. The summed E-state index contributed by atoms with van der Waals surface area (Å²) in [6.07, 6.45) is 1.97. The van der Waals surface area contributed by atoms with Crippen LogP contribution in [0.2, 0.25) is 0 Å². The first-order chi connectivity index (χ1) is 7.74. The lowest BCUT2D eigenvalue weighted by atomic mass is 9.77. The highest BCUT2D eigenvalue weighted by Crippen LogP contribution is 2.39. The minimum absolute atomic E-state index is 0.268. The van der Waals surface area contributed by atoms with Crippen LogP contribution in [0.25, 0.3) is 0 Å². The first-order valence-electron chi connectivity index (χ1n) is 5.97. The summed E-state index contributed by atoms with van der Waals surface area (Å²) in [6.45, 7) is 8.13. The molecule has 2 rings (SSSR count). The Balaban J connectivity index is 2.19. The van der Waals surface area contributed by atoms with E-state index in [9.17, 15) is 0 Å². The molecule has 94 valence electrons. The summed E-state index contributed by atoms with van der Waals surface area (Å²) in [7, 11) is 1.58. The summed E-state index contributed by atoms with van der Waals surface area (Å²) in [4.78, 5) is 0. The number of nitrogens with two attached hydrogens (primary N) is 1. The van der Waals surface area contributed by atoms with Gasteiger partial charge in [-0.05, 0) is 39.8 Å². The van der Waals surface area contributed by atoms with E-state index in [-0.39, 0.29) is 17.1 Å². The van der Waals surface area contributed by atoms with E-state index in [0.29, 0.717) is 0 Å². The van der Waals surface area contributed by atoms with Gasteiger partial charge in [0.05, 0.1) is 17.1 Å². The molecule has 1 aromatic heterocycles. The maximum Gasteiger partial charge on any atom is 0.482 e. The SMILES string of the molecule is Cn1cccc1[C@@H](N)B1OC(C)(C)C(C)(C)O1. The summed E-state index contributed by atoms with van der Waals surface area (Å²) < 4.78 is 13.9. The molecule has 1 aliphatic heterocycles. The Morgan fingerprint density at radius 1 is 1.24 bits per heavy atom. The zero-order chi connectivity index (χ0) is 12.8. The lowest BCUT2D eigenvalue weighted by molar-refractivity contribution is 0.00578. The summed E-state index contributed by atoms with van der Waals surface area (Å²) in [6, 6.07) is 3.97. The topological polar surface area (TPSA) is 49.4 Å². The lowest BCUT2D eigenvalue weighted by Crippen LogP contribution is -2.41. The van der Waals surface area contributed by atoms with Crippen molar-refractivity contribution in [3.63, 3.8) is 0 Å². The maximum absolute atomic E-state index is 6.22. The van der Waals surface area contributed by atoms with Crippen LogP contribution < -0.4 is 5.73 Å². The Morgan fingerprint density at radius 3 is 2.18 bits per heavy atom. The molecular formula is C12H21BN2O2. The second-order valence-electron chi connectivity index (χ2n) is 5.69. The molecule has 1 atom stereocenters. The zero-order valence-electron chi connectivity index (χ0n) is 11.2. The van der Waals surface area contributed by atoms with Crippen LogP contribution in [0.3, 0.4) is 0 Å². The minimum atomic E-state index is -0.395. The van der Waals surface area contributed by atoms with Gasteiger partial charge in [-0.25, -0.2) is 0 Å². The van der Waals surface area contributed by atoms with Gasteiger partial charge in [0.15, 0.2) is 0 Å². The molecule has 1 aromatic rings. The highest BCUT2D eigenvalue weighted by Gasteiger charge is 2.53. The van der Waals surface area contributed by atoms with Crippen molar-refractivity contribution in [3.8, 4) is 0 Å². The van der Waals surface area contributed by atoms with E-state index in [0.717, 1.165) is 5.69 Å². The monoisotopic (exact) mass is 236 g/mol. The largest absolute Gasteiger partial charge is 0.482 e. The molecule has 4 nitrogen and oxygen atoms in total. The van der Waals surface area contributed by atoms with E-state index in [2.05, 4.69) is 0 Å². The Morgan fingerprint density at radius 2 is 1.76 bits per heavy atom. The van der Waals surface area contributed by atoms with Gasteiger partial charge in [0.25, 0.3) is 0 Å². The molecule has 5 heteroatoms. The van der Waals surface area contributed by atoms with Crippen molar-refractivity contribution in [3.05, 3.63) is 24.0 Å². The molecule has 0 aliphatic carbocycles. The van der Waals surface area contributed by atoms with Gasteiger partial charge >= 0.3 is 7.12 Å². The average Bonchev–Trinajstić information content (AvgIpc) is 2.68.